The van der Waals surface area contributed by atoms with Gasteiger partial charge in [0.1, 0.15) is 5.57 Å². The Morgan fingerprint density at radius 2 is 1.71 bits per heavy atom. The van der Waals surface area contributed by atoms with Gasteiger partial charge in [-0.25, -0.2) is 0 Å². The molecule has 0 unspecified atom stereocenters. The van der Waals surface area contributed by atoms with E-state index in [2.05, 4.69) is 16.8 Å². The third-order valence-corrected chi connectivity index (χ3v) is 5.33. The summed E-state index contributed by atoms with van der Waals surface area (Å²) in [6.07, 6.45) is -2.96. The van der Waals surface area contributed by atoms with Crippen molar-refractivity contribution in [1.82, 2.24) is 9.88 Å². The number of halogens is 3. The minimum Gasteiger partial charge on any atom is -0.269 e. The molecule has 31 heavy (non-hydrogen) atoms. The van der Waals surface area contributed by atoms with Crippen LogP contribution in [0.25, 0.3) is 5.57 Å². The maximum atomic E-state index is 13.1. The van der Waals surface area contributed by atoms with Crippen molar-refractivity contribution >= 4 is 28.7 Å². The van der Waals surface area contributed by atoms with E-state index in [9.17, 15) is 22.8 Å². The summed E-state index contributed by atoms with van der Waals surface area (Å²) in [4.78, 5) is 32.0. The van der Waals surface area contributed by atoms with Gasteiger partial charge in [0.05, 0.1) is 28.3 Å². The molecule has 1 aromatic carbocycles. The Morgan fingerprint density at radius 3 is 2.32 bits per heavy atom. The highest BCUT2D eigenvalue weighted by atomic mass is 32.1. The number of alkyl halides is 3. The molecule has 0 N–H and O–H groups in total. The monoisotopic (exact) mass is 438 g/mol. The van der Waals surface area contributed by atoms with Gasteiger partial charge in [0, 0.05) is 6.20 Å². The summed E-state index contributed by atoms with van der Waals surface area (Å²) < 4.78 is 38.8. The first kappa shape index (κ1) is 20.6. The van der Waals surface area contributed by atoms with E-state index < -0.39 is 23.6 Å². The minimum absolute atomic E-state index is 0.0151. The van der Waals surface area contributed by atoms with Gasteiger partial charge < -0.3 is 0 Å². The molecule has 3 heterocycles. The fourth-order valence-electron chi connectivity index (χ4n) is 3.06. The van der Waals surface area contributed by atoms with Crippen LogP contribution in [0.4, 0.5) is 13.2 Å². The van der Waals surface area contributed by atoms with Crippen LogP contribution in [0.3, 0.4) is 0 Å². The predicted molar refractivity (Wildman–Crippen MR) is 109 cm³/mol. The number of carbonyl (C=O) groups excluding carboxylic acids is 2. The number of thiophene rings is 1. The molecular formula is C23H13F3N2O2S. The van der Waals surface area contributed by atoms with E-state index in [-0.39, 0.29) is 23.3 Å². The van der Waals surface area contributed by atoms with Crippen molar-refractivity contribution in [1.29, 1.82) is 0 Å². The molecule has 3 aromatic rings. The van der Waals surface area contributed by atoms with Crippen LogP contribution in [0.5, 0.6) is 0 Å². The maximum absolute atomic E-state index is 13.1. The first-order chi connectivity index (χ1) is 14.8. The van der Waals surface area contributed by atoms with Gasteiger partial charge in [-0.2, -0.15) is 13.2 Å². The third-order valence-electron chi connectivity index (χ3n) is 4.55. The molecule has 8 heteroatoms. The zero-order chi connectivity index (χ0) is 22.0. The molecule has 0 saturated heterocycles. The number of benzene rings is 1. The number of carbonyl (C=O) groups is 2. The summed E-state index contributed by atoms with van der Waals surface area (Å²) in [7, 11) is 0. The van der Waals surface area contributed by atoms with Crippen molar-refractivity contribution in [3.63, 3.8) is 0 Å². The third kappa shape index (κ3) is 4.27. The van der Waals surface area contributed by atoms with Gasteiger partial charge in [-0.1, -0.05) is 36.1 Å². The first-order valence-electron chi connectivity index (χ1n) is 9.08. The molecule has 0 spiro atoms. The number of aromatic nitrogens is 1. The lowest BCUT2D eigenvalue weighted by molar-refractivity contribution is -0.138. The molecule has 154 valence electrons. The Balaban J connectivity index is 1.76. The number of imide groups is 1. The van der Waals surface area contributed by atoms with Crippen LogP contribution in [0.1, 0.15) is 21.7 Å². The fraction of sp³-hybridized carbons (Fsp3) is 0.0870. The van der Waals surface area contributed by atoms with Gasteiger partial charge in [-0.15, -0.1) is 11.3 Å². The summed E-state index contributed by atoms with van der Waals surface area (Å²) in [5.74, 6) is 4.39. The van der Waals surface area contributed by atoms with Crippen molar-refractivity contribution in [3.8, 4) is 11.8 Å². The highest BCUT2D eigenvalue weighted by Gasteiger charge is 2.39. The lowest BCUT2D eigenvalue weighted by Crippen LogP contribution is -2.31. The Kier molecular flexibility index (Phi) is 5.44. The van der Waals surface area contributed by atoms with E-state index in [1.165, 1.54) is 23.5 Å². The molecule has 0 bridgehead atoms. The molecule has 1 aliphatic rings. The predicted octanol–water partition coefficient (Wildman–Crippen LogP) is 4.54. The highest BCUT2D eigenvalue weighted by molar-refractivity contribution is 7.10. The largest absolute Gasteiger partial charge is 0.416 e. The van der Waals surface area contributed by atoms with E-state index in [0.29, 0.717) is 10.6 Å². The molecule has 1 aliphatic heterocycles. The van der Waals surface area contributed by atoms with Crippen LogP contribution in [0.15, 0.2) is 71.7 Å². The summed E-state index contributed by atoms with van der Waals surface area (Å²) in [5, 5.41) is 1.82. The number of rotatable bonds is 3. The molecule has 0 radical (unpaired) electrons. The van der Waals surface area contributed by atoms with Crippen LogP contribution in [-0.4, -0.2) is 21.7 Å². The SMILES string of the molecule is O=C1C(C#Cc2cccs2)=C(c2ccc(C(F)(F)F)cc2)C(=O)N1Cc1ccccn1. The maximum Gasteiger partial charge on any atom is 0.416 e. The van der Waals surface area contributed by atoms with Gasteiger partial charge in [0.2, 0.25) is 0 Å². The minimum atomic E-state index is -4.50. The van der Waals surface area contributed by atoms with Gasteiger partial charge in [-0.05, 0) is 41.3 Å². The van der Waals surface area contributed by atoms with Crippen molar-refractivity contribution in [2.75, 3.05) is 0 Å². The van der Waals surface area contributed by atoms with Crippen molar-refractivity contribution in [2.24, 2.45) is 0 Å². The average molecular weight is 438 g/mol. The zero-order valence-corrected chi connectivity index (χ0v) is 16.6. The lowest BCUT2D eigenvalue weighted by atomic mass is 10.00. The van der Waals surface area contributed by atoms with Gasteiger partial charge in [0.25, 0.3) is 11.8 Å². The topological polar surface area (TPSA) is 50.3 Å². The second-order valence-electron chi connectivity index (χ2n) is 6.57. The summed E-state index contributed by atoms with van der Waals surface area (Å²) >= 11 is 1.37. The quantitative estimate of drug-likeness (QED) is 0.446. The van der Waals surface area contributed by atoms with E-state index in [4.69, 9.17) is 0 Å². The highest BCUT2D eigenvalue weighted by Crippen LogP contribution is 2.33. The van der Waals surface area contributed by atoms with E-state index >= 15 is 0 Å². The van der Waals surface area contributed by atoms with Gasteiger partial charge in [-0.3, -0.25) is 19.5 Å². The molecule has 0 saturated carbocycles. The van der Waals surface area contributed by atoms with E-state index in [1.807, 2.05) is 5.38 Å². The zero-order valence-electron chi connectivity index (χ0n) is 15.8. The number of nitrogens with zero attached hydrogens (tertiary/aromatic N) is 2. The van der Waals surface area contributed by atoms with Crippen molar-refractivity contribution in [2.45, 2.75) is 12.7 Å². The van der Waals surface area contributed by atoms with Crippen LogP contribution in [0, 0.1) is 11.8 Å². The molecule has 2 amide bonds. The average Bonchev–Trinajstić information content (AvgIpc) is 3.35. The molecule has 4 rings (SSSR count). The standard InChI is InChI=1S/C23H13F3N2O2S/c24-23(25,26)16-8-6-15(7-9-16)20-19(11-10-18-5-3-13-31-18)21(29)28(22(20)30)14-17-4-1-2-12-27-17/h1-9,12-13H,14H2. The van der Waals surface area contributed by atoms with Gasteiger partial charge >= 0.3 is 6.18 Å². The van der Waals surface area contributed by atoms with Crippen LogP contribution in [-0.2, 0) is 22.3 Å². The molecule has 0 atom stereocenters. The van der Waals surface area contributed by atoms with Gasteiger partial charge in [0.15, 0.2) is 0 Å². The fourth-order valence-corrected chi connectivity index (χ4v) is 3.63. The lowest BCUT2D eigenvalue weighted by Gasteiger charge is -2.14. The molecular weight excluding hydrogens is 425 g/mol. The molecule has 0 aliphatic carbocycles. The molecule has 4 nitrogen and oxygen atoms in total. The van der Waals surface area contributed by atoms with Crippen LogP contribution in [0.2, 0.25) is 0 Å². The Labute approximate surface area is 179 Å². The normalized spacial score (nSPS) is 14.1. The Bertz CT molecular complexity index is 1220. The van der Waals surface area contributed by atoms with Crippen molar-refractivity contribution in [3.05, 3.63) is 93.4 Å². The second kappa shape index (κ2) is 8.20. The number of pyridine rings is 1. The van der Waals surface area contributed by atoms with Crippen LogP contribution >= 0.6 is 11.3 Å². The number of hydrogen-bond acceptors (Lipinski definition) is 4. The summed E-state index contributed by atoms with van der Waals surface area (Å²) in [6, 6.07) is 12.8. The summed E-state index contributed by atoms with van der Waals surface area (Å²) in [6.45, 7) is -0.0627. The Hall–Kier alpha value is -3.70. The number of hydrogen-bond donors (Lipinski definition) is 0. The Morgan fingerprint density at radius 1 is 0.935 bits per heavy atom. The van der Waals surface area contributed by atoms with E-state index in [1.54, 1.807) is 36.5 Å². The van der Waals surface area contributed by atoms with Crippen molar-refractivity contribution < 1.29 is 22.8 Å². The second-order valence-corrected chi connectivity index (χ2v) is 7.52. The smallest absolute Gasteiger partial charge is 0.269 e. The molecule has 2 aromatic heterocycles. The number of amides is 2. The van der Waals surface area contributed by atoms with Crippen LogP contribution < -0.4 is 0 Å². The van der Waals surface area contributed by atoms with E-state index in [0.717, 1.165) is 17.0 Å². The molecule has 0 fully saturated rings. The first-order valence-corrected chi connectivity index (χ1v) is 9.96. The summed E-state index contributed by atoms with van der Waals surface area (Å²) in [5.41, 5.74) is -0.202.